The number of alkyl halides is 3. The van der Waals surface area contributed by atoms with Crippen molar-refractivity contribution in [3.05, 3.63) is 42.0 Å². The van der Waals surface area contributed by atoms with Crippen molar-refractivity contribution in [1.82, 2.24) is 0 Å². The summed E-state index contributed by atoms with van der Waals surface area (Å²) >= 11 is 0. The van der Waals surface area contributed by atoms with E-state index in [-0.39, 0.29) is 10.8 Å². The van der Waals surface area contributed by atoms with Crippen molar-refractivity contribution in [3.63, 3.8) is 0 Å². The molecule has 0 N–H and O–H groups in total. The molecule has 0 bridgehead atoms. The highest BCUT2D eigenvalue weighted by molar-refractivity contribution is 5.91. The zero-order valence-corrected chi connectivity index (χ0v) is 7.51. The van der Waals surface area contributed by atoms with Gasteiger partial charge in [0.1, 0.15) is 0 Å². The van der Waals surface area contributed by atoms with Gasteiger partial charge in [0, 0.05) is 5.39 Å². The van der Waals surface area contributed by atoms with E-state index in [0.717, 1.165) is 12.1 Å². The zero-order valence-electron chi connectivity index (χ0n) is 7.51. The molecule has 0 aliphatic heterocycles. The van der Waals surface area contributed by atoms with Crippen LogP contribution in [0.25, 0.3) is 10.8 Å². The van der Waals surface area contributed by atoms with Crippen molar-refractivity contribution in [1.29, 1.82) is 0 Å². The minimum absolute atomic E-state index is 0.0440. The Labute approximate surface area is 83.8 Å². The van der Waals surface area contributed by atoms with Crippen molar-refractivity contribution in [2.45, 2.75) is 6.18 Å². The quantitative estimate of drug-likeness (QED) is 0.627. The molecule has 0 unspecified atom stereocenters. The topological polar surface area (TPSA) is 19.9 Å². The molecule has 0 heterocycles. The molecular weight excluding hydrogens is 205 g/mol. The van der Waals surface area contributed by atoms with E-state index >= 15 is 0 Å². The molecule has 4 heteroatoms. The van der Waals surface area contributed by atoms with Crippen molar-refractivity contribution in [2.24, 2.45) is 0 Å². The Morgan fingerprint density at radius 1 is 0.867 bits per heavy atom. The third-order valence-electron chi connectivity index (χ3n) is 2.19. The first-order valence-corrected chi connectivity index (χ1v) is 4.26. The van der Waals surface area contributed by atoms with Crippen LogP contribution in [0, 0.1) is 0 Å². The number of fused-ring (bicyclic) bond motifs is 1. The molecule has 0 saturated carbocycles. The van der Waals surface area contributed by atoms with Gasteiger partial charge in [-0.05, 0) is 17.5 Å². The fourth-order valence-electron chi connectivity index (χ4n) is 1.52. The van der Waals surface area contributed by atoms with Gasteiger partial charge in [-0.1, -0.05) is 24.3 Å². The molecule has 0 saturated heterocycles. The third kappa shape index (κ3) is 1.63. The van der Waals surface area contributed by atoms with Crippen molar-refractivity contribution >= 4 is 10.8 Å². The van der Waals surface area contributed by atoms with Gasteiger partial charge < -0.3 is 0 Å². The third-order valence-corrected chi connectivity index (χ3v) is 2.19. The lowest BCUT2D eigenvalue weighted by atomic mass is 10.0. The van der Waals surface area contributed by atoms with E-state index in [9.17, 15) is 18.3 Å². The maximum atomic E-state index is 12.5. The molecule has 2 rings (SSSR count). The van der Waals surface area contributed by atoms with Gasteiger partial charge in [-0.25, -0.2) is 0 Å². The van der Waals surface area contributed by atoms with E-state index in [0.29, 0.717) is 0 Å². The molecule has 0 fully saturated rings. The summed E-state index contributed by atoms with van der Waals surface area (Å²) < 4.78 is 37.6. The van der Waals surface area contributed by atoms with E-state index in [4.69, 9.17) is 0 Å². The Hall–Kier alpha value is -1.71. The highest BCUT2D eigenvalue weighted by Crippen LogP contribution is 2.37. The van der Waals surface area contributed by atoms with Gasteiger partial charge in [0.15, 0.2) is 5.75 Å². The highest BCUT2D eigenvalue weighted by Gasteiger charge is 2.32. The summed E-state index contributed by atoms with van der Waals surface area (Å²) in [7, 11) is 0. The molecule has 0 aliphatic rings. The fraction of sp³-hybridized carbons (Fsp3) is 0.0909. The van der Waals surface area contributed by atoms with E-state index in [1.165, 1.54) is 18.2 Å². The molecule has 15 heavy (non-hydrogen) atoms. The summed E-state index contributed by atoms with van der Waals surface area (Å²) in [5, 5.41) is 11.4. The lowest BCUT2D eigenvalue weighted by Gasteiger charge is -2.10. The van der Waals surface area contributed by atoms with Crippen LogP contribution in [0.5, 0.6) is 5.75 Å². The van der Waals surface area contributed by atoms with Crippen LogP contribution in [0.15, 0.2) is 36.4 Å². The van der Waals surface area contributed by atoms with Gasteiger partial charge in [0.05, 0.1) is 5.56 Å². The summed E-state index contributed by atoms with van der Waals surface area (Å²) in [5.74, 6) is -0.390. The second-order valence-electron chi connectivity index (χ2n) is 3.15. The summed E-state index contributed by atoms with van der Waals surface area (Å²) in [6, 6.07) is 7.50. The minimum atomic E-state index is -4.42. The van der Waals surface area contributed by atoms with Crippen LogP contribution in [0.4, 0.5) is 13.2 Å². The van der Waals surface area contributed by atoms with Crippen LogP contribution < -0.4 is 0 Å². The molecule has 2 aromatic rings. The van der Waals surface area contributed by atoms with Gasteiger partial charge in [0.2, 0.25) is 0 Å². The molecule has 2 aromatic carbocycles. The van der Waals surface area contributed by atoms with Gasteiger partial charge >= 0.3 is 6.18 Å². The van der Waals surface area contributed by atoms with Gasteiger partial charge in [-0.3, -0.25) is 5.11 Å². The average molecular weight is 211 g/mol. The molecule has 0 atom stereocenters. The monoisotopic (exact) mass is 211 g/mol. The molecule has 0 amide bonds. The van der Waals surface area contributed by atoms with E-state index in [1.54, 1.807) is 6.07 Å². The Morgan fingerprint density at radius 2 is 1.47 bits per heavy atom. The number of hydrogen-bond acceptors (Lipinski definition) is 0. The van der Waals surface area contributed by atoms with Crippen LogP contribution in [-0.2, 0) is 11.3 Å². The molecule has 0 spiro atoms. The van der Waals surface area contributed by atoms with Crippen molar-refractivity contribution < 1.29 is 18.3 Å². The lowest BCUT2D eigenvalue weighted by Crippen LogP contribution is -2.05. The fourth-order valence-corrected chi connectivity index (χ4v) is 1.52. The van der Waals surface area contributed by atoms with Crippen molar-refractivity contribution in [2.75, 3.05) is 0 Å². The van der Waals surface area contributed by atoms with Crippen LogP contribution in [0.1, 0.15) is 5.56 Å². The Balaban J connectivity index is 2.84. The van der Waals surface area contributed by atoms with Gasteiger partial charge in [-0.15, -0.1) is 0 Å². The number of hydrogen-bond donors (Lipinski definition) is 0. The second-order valence-corrected chi connectivity index (χ2v) is 3.15. The Kier molecular flexibility index (Phi) is 2.07. The molecule has 0 aromatic heterocycles. The Bertz CT molecular complexity index is 503. The van der Waals surface area contributed by atoms with Crippen LogP contribution in [0.2, 0.25) is 0 Å². The summed E-state index contributed by atoms with van der Waals surface area (Å²) in [6.45, 7) is 0. The molecule has 1 nitrogen and oxygen atoms in total. The molecular formula is C11H6F3O. The first-order chi connectivity index (χ1) is 7.00. The van der Waals surface area contributed by atoms with E-state index in [2.05, 4.69) is 0 Å². The zero-order chi connectivity index (χ0) is 11.1. The first kappa shape index (κ1) is 9.83. The molecule has 77 valence electrons. The number of halogens is 3. The SMILES string of the molecule is [O]c1ccc(C(F)(F)F)c2ccccc12. The number of benzene rings is 2. The molecule has 0 aliphatic carbocycles. The summed E-state index contributed by atoms with van der Waals surface area (Å²) in [5.41, 5.74) is -0.766. The summed E-state index contributed by atoms with van der Waals surface area (Å²) in [4.78, 5) is 0. The predicted octanol–water partition coefficient (Wildman–Crippen LogP) is 4.00. The van der Waals surface area contributed by atoms with Crippen molar-refractivity contribution in [3.8, 4) is 5.75 Å². The molecule has 1 radical (unpaired) electrons. The second kappa shape index (κ2) is 3.15. The maximum Gasteiger partial charge on any atom is 0.417 e. The van der Waals surface area contributed by atoms with E-state index < -0.39 is 17.5 Å². The average Bonchev–Trinajstić information content (AvgIpc) is 2.17. The normalized spacial score (nSPS) is 11.9. The minimum Gasteiger partial charge on any atom is -0.289 e. The van der Waals surface area contributed by atoms with Gasteiger partial charge in [-0.2, -0.15) is 13.2 Å². The largest absolute Gasteiger partial charge is 0.417 e. The standard InChI is InChI=1S/C11H6F3O/c12-11(13,14)9-5-6-10(15)8-4-2-1-3-7(8)9/h1-6H. The number of rotatable bonds is 0. The maximum absolute atomic E-state index is 12.5. The van der Waals surface area contributed by atoms with Crippen LogP contribution >= 0.6 is 0 Å². The summed E-state index contributed by atoms with van der Waals surface area (Å²) in [6.07, 6.45) is -4.42. The van der Waals surface area contributed by atoms with E-state index in [1.807, 2.05) is 0 Å². The van der Waals surface area contributed by atoms with Crippen LogP contribution in [-0.4, -0.2) is 0 Å². The highest BCUT2D eigenvalue weighted by atomic mass is 19.4. The Morgan fingerprint density at radius 3 is 2.07 bits per heavy atom. The first-order valence-electron chi connectivity index (χ1n) is 4.26. The van der Waals surface area contributed by atoms with Crippen LogP contribution in [0.3, 0.4) is 0 Å². The van der Waals surface area contributed by atoms with Gasteiger partial charge in [0.25, 0.3) is 0 Å². The smallest absolute Gasteiger partial charge is 0.289 e. The predicted molar refractivity (Wildman–Crippen MR) is 49.1 cm³/mol. The lowest BCUT2D eigenvalue weighted by molar-refractivity contribution is -0.136.